The first-order valence-corrected chi connectivity index (χ1v) is 11.2. The predicted octanol–water partition coefficient (Wildman–Crippen LogP) is 4.15. The molecule has 0 saturated carbocycles. The predicted molar refractivity (Wildman–Crippen MR) is 89.8 cm³/mol. The highest BCUT2D eigenvalue weighted by molar-refractivity contribution is 6.88. The lowest BCUT2D eigenvalue weighted by Gasteiger charge is -2.23. The molecule has 0 heterocycles. The third-order valence-corrected chi connectivity index (χ3v) is 6.27. The van der Waals surface area contributed by atoms with Crippen LogP contribution in [0.1, 0.15) is 39.2 Å². The van der Waals surface area contributed by atoms with Gasteiger partial charge in [0.25, 0.3) is 0 Å². The van der Waals surface area contributed by atoms with Gasteiger partial charge in [-0.2, -0.15) is 0 Å². The van der Waals surface area contributed by atoms with Crippen LogP contribution in [-0.2, 0) is 6.54 Å². The van der Waals surface area contributed by atoms with Crippen molar-refractivity contribution in [3.05, 3.63) is 29.8 Å². The number of benzene rings is 1. The average Bonchev–Trinajstić information content (AvgIpc) is 2.37. The van der Waals surface area contributed by atoms with Crippen molar-refractivity contribution >= 4 is 13.3 Å². The molecule has 1 atom stereocenters. The van der Waals surface area contributed by atoms with Gasteiger partial charge in [-0.05, 0) is 18.4 Å². The summed E-state index contributed by atoms with van der Waals surface area (Å²) in [5, 5.41) is 5.22. The Labute approximate surface area is 120 Å². The van der Waals surface area contributed by atoms with Crippen molar-refractivity contribution in [2.45, 2.75) is 65.8 Å². The molecule has 1 nitrogen and oxygen atoms in total. The van der Waals surface area contributed by atoms with Crippen molar-refractivity contribution in [3.63, 3.8) is 0 Å². The fraction of sp³-hybridized carbons (Fsp3) is 0.647. The minimum atomic E-state index is -1.15. The summed E-state index contributed by atoms with van der Waals surface area (Å²) in [6.45, 7) is 15.1. The fourth-order valence-electron chi connectivity index (χ4n) is 2.56. The normalized spacial score (nSPS) is 13.8. The monoisotopic (exact) mass is 277 g/mol. The second-order valence-corrected chi connectivity index (χ2v) is 11.8. The summed E-state index contributed by atoms with van der Waals surface area (Å²) in [5.41, 5.74) is 1.40. The van der Waals surface area contributed by atoms with E-state index in [4.69, 9.17) is 0 Å². The van der Waals surface area contributed by atoms with Gasteiger partial charge in [0, 0.05) is 12.6 Å². The standard InChI is InChI=1S/C17H31NSi/c1-7-16(8-2)14(3)18-13-15-9-11-17(12-10-15)19(4,5)6/h9-12,14,16,18H,7-8,13H2,1-6H3. The SMILES string of the molecule is CCC(CC)C(C)NCc1ccc([Si](C)(C)C)cc1. The third kappa shape index (κ3) is 5.11. The molecule has 0 aliphatic heterocycles. The summed E-state index contributed by atoms with van der Waals surface area (Å²) in [5.74, 6) is 0.793. The molecule has 0 fully saturated rings. The molecule has 0 bridgehead atoms. The van der Waals surface area contributed by atoms with E-state index in [-0.39, 0.29) is 0 Å². The Balaban J connectivity index is 2.55. The van der Waals surface area contributed by atoms with Gasteiger partial charge in [-0.15, -0.1) is 0 Å². The van der Waals surface area contributed by atoms with Crippen molar-refractivity contribution in [1.82, 2.24) is 5.32 Å². The van der Waals surface area contributed by atoms with Gasteiger partial charge in [0.2, 0.25) is 0 Å². The first-order chi connectivity index (χ1) is 8.88. The number of rotatable bonds is 7. The summed E-state index contributed by atoms with van der Waals surface area (Å²) in [4.78, 5) is 0. The molecule has 1 unspecified atom stereocenters. The summed E-state index contributed by atoms with van der Waals surface area (Å²) in [6, 6.07) is 9.84. The highest BCUT2D eigenvalue weighted by Gasteiger charge is 2.16. The van der Waals surface area contributed by atoms with E-state index in [2.05, 4.69) is 70.0 Å². The smallest absolute Gasteiger partial charge is 0.0775 e. The Morgan fingerprint density at radius 1 is 1.00 bits per heavy atom. The lowest BCUT2D eigenvalue weighted by molar-refractivity contribution is 0.353. The second-order valence-electron chi connectivity index (χ2n) is 6.69. The Morgan fingerprint density at radius 2 is 1.53 bits per heavy atom. The first-order valence-electron chi connectivity index (χ1n) is 7.71. The van der Waals surface area contributed by atoms with Crippen LogP contribution in [0.3, 0.4) is 0 Å². The third-order valence-electron chi connectivity index (χ3n) is 4.20. The Bertz CT molecular complexity index is 360. The number of hydrogen-bond donors (Lipinski definition) is 1. The highest BCUT2D eigenvalue weighted by atomic mass is 28.3. The fourth-order valence-corrected chi connectivity index (χ4v) is 3.73. The first kappa shape index (κ1) is 16.5. The summed E-state index contributed by atoms with van der Waals surface area (Å²) in [6.07, 6.45) is 2.53. The van der Waals surface area contributed by atoms with Crippen LogP contribution in [-0.4, -0.2) is 14.1 Å². The van der Waals surface area contributed by atoms with Gasteiger partial charge in [0.15, 0.2) is 0 Å². The van der Waals surface area contributed by atoms with Crippen LogP contribution in [0.25, 0.3) is 0 Å². The maximum Gasteiger partial charge on any atom is 0.0775 e. The molecule has 0 spiro atoms. The van der Waals surface area contributed by atoms with Crippen LogP contribution in [0, 0.1) is 5.92 Å². The van der Waals surface area contributed by atoms with Gasteiger partial charge in [0.05, 0.1) is 8.07 Å². The lowest BCUT2D eigenvalue weighted by Crippen LogP contribution is -2.37. The molecule has 0 amide bonds. The van der Waals surface area contributed by atoms with Crippen molar-refractivity contribution in [3.8, 4) is 0 Å². The zero-order valence-corrected chi connectivity index (χ0v) is 14.6. The van der Waals surface area contributed by atoms with Gasteiger partial charge < -0.3 is 5.32 Å². The molecule has 19 heavy (non-hydrogen) atoms. The second kappa shape index (κ2) is 7.25. The molecule has 0 aliphatic rings. The van der Waals surface area contributed by atoms with E-state index in [0.717, 1.165) is 12.5 Å². The zero-order valence-electron chi connectivity index (χ0n) is 13.6. The van der Waals surface area contributed by atoms with E-state index in [0.29, 0.717) is 6.04 Å². The van der Waals surface area contributed by atoms with E-state index in [1.165, 1.54) is 18.4 Å². The minimum absolute atomic E-state index is 0.603. The van der Waals surface area contributed by atoms with Gasteiger partial charge in [-0.3, -0.25) is 0 Å². The Kier molecular flexibility index (Phi) is 6.28. The van der Waals surface area contributed by atoms with E-state index >= 15 is 0 Å². The van der Waals surface area contributed by atoms with Crippen molar-refractivity contribution in [1.29, 1.82) is 0 Å². The summed E-state index contributed by atoms with van der Waals surface area (Å²) < 4.78 is 0. The van der Waals surface area contributed by atoms with Crippen LogP contribution >= 0.6 is 0 Å². The molecule has 1 aromatic carbocycles. The minimum Gasteiger partial charge on any atom is -0.310 e. The quantitative estimate of drug-likeness (QED) is 0.738. The van der Waals surface area contributed by atoms with E-state index in [1.807, 2.05) is 0 Å². The number of nitrogens with one attached hydrogen (secondary N) is 1. The topological polar surface area (TPSA) is 12.0 Å². The van der Waals surface area contributed by atoms with Gasteiger partial charge in [-0.25, -0.2) is 0 Å². The van der Waals surface area contributed by atoms with E-state index in [9.17, 15) is 0 Å². The molecule has 0 radical (unpaired) electrons. The molecule has 1 N–H and O–H groups in total. The van der Waals surface area contributed by atoms with Gasteiger partial charge in [0.1, 0.15) is 0 Å². The largest absolute Gasteiger partial charge is 0.310 e. The summed E-state index contributed by atoms with van der Waals surface area (Å²) >= 11 is 0. The molecule has 1 aromatic rings. The molecule has 0 saturated heterocycles. The average molecular weight is 278 g/mol. The van der Waals surface area contributed by atoms with Crippen LogP contribution in [0.15, 0.2) is 24.3 Å². The highest BCUT2D eigenvalue weighted by Crippen LogP contribution is 2.13. The molecule has 1 rings (SSSR count). The van der Waals surface area contributed by atoms with Crippen LogP contribution in [0.2, 0.25) is 19.6 Å². The van der Waals surface area contributed by atoms with Crippen LogP contribution in [0.4, 0.5) is 0 Å². The molecular formula is C17H31NSi. The Hall–Kier alpha value is -0.603. The van der Waals surface area contributed by atoms with Crippen molar-refractivity contribution < 1.29 is 0 Å². The maximum atomic E-state index is 3.67. The molecule has 108 valence electrons. The summed E-state index contributed by atoms with van der Waals surface area (Å²) in [7, 11) is -1.15. The van der Waals surface area contributed by atoms with Crippen LogP contribution < -0.4 is 10.5 Å². The maximum absolute atomic E-state index is 3.67. The Morgan fingerprint density at radius 3 is 1.95 bits per heavy atom. The van der Waals surface area contributed by atoms with Gasteiger partial charge in [-0.1, -0.05) is 75.8 Å². The molecule has 0 aromatic heterocycles. The molecule has 2 heteroatoms. The van der Waals surface area contributed by atoms with E-state index < -0.39 is 8.07 Å². The van der Waals surface area contributed by atoms with Gasteiger partial charge >= 0.3 is 0 Å². The zero-order chi connectivity index (χ0) is 14.5. The lowest BCUT2D eigenvalue weighted by atomic mass is 9.95. The molecule has 0 aliphatic carbocycles. The van der Waals surface area contributed by atoms with Crippen molar-refractivity contribution in [2.24, 2.45) is 5.92 Å². The van der Waals surface area contributed by atoms with Crippen molar-refractivity contribution in [2.75, 3.05) is 0 Å². The van der Waals surface area contributed by atoms with Crippen LogP contribution in [0.5, 0.6) is 0 Å². The number of hydrogen-bond acceptors (Lipinski definition) is 1. The van der Waals surface area contributed by atoms with E-state index in [1.54, 1.807) is 5.19 Å². The molecular weight excluding hydrogens is 246 g/mol.